The Morgan fingerprint density at radius 3 is 2.20 bits per heavy atom. The Labute approximate surface area is 207 Å². The molecule has 2 rings (SSSR count). The summed E-state index contributed by atoms with van der Waals surface area (Å²) in [5.41, 5.74) is 1.96. The van der Waals surface area contributed by atoms with E-state index in [1.165, 1.54) is 31.1 Å². The van der Waals surface area contributed by atoms with Crippen LogP contribution in [0.15, 0.2) is 48.5 Å². The normalized spacial score (nSPS) is 12.5. The molecule has 2 aromatic carbocycles. The first-order valence-electron chi connectivity index (χ1n) is 11.5. The second kappa shape index (κ2) is 12.1. The van der Waals surface area contributed by atoms with E-state index in [1.54, 1.807) is 6.92 Å². The molecule has 0 aliphatic rings. The van der Waals surface area contributed by atoms with E-state index in [-0.39, 0.29) is 24.2 Å². The average Bonchev–Trinajstić information content (AvgIpc) is 2.77. The fourth-order valence-electron chi connectivity index (χ4n) is 3.63. The molecule has 0 heterocycles. The second-order valence-corrected chi connectivity index (χ2v) is 10.9. The standard InChI is InChI=1S/C25H35FN4O4S/c1-7-23(25(32)27-18(2)3)29(16-20-10-8-9-19(4)15-20)24(31)17-30(35(33,34)28(5)6)22-13-11-21(26)12-14-22/h8-15,18,23H,7,16-17H2,1-6H3,(H,27,32)/t23-/m0/s1. The van der Waals surface area contributed by atoms with Crippen molar-refractivity contribution in [2.75, 3.05) is 24.9 Å². The van der Waals surface area contributed by atoms with Gasteiger partial charge < -0.3 is 10.2 Å². The van der Waals surface area contributed by atoms with Gasteiger partial charge in [0.2, 0.25) is 11.8 Å². The van der Waals surface area contributed by atoms with Gasteiger partial charge in [0.1, 0.15) is 18.4 Å². The van der Waals surface area contributed by atoms with Crippen LogP contribution in [-0.4, -0.2) is 62.2 Å². The van der Waals surface area contributed by atoms with Gasteiger partial charge in [0.25, 0.3) is 0 Å². The van der Waals surface area contributed by atoms with Crippen molar-refractivity contribution < 1.29 is 22.4 Å². The van der Waals surface area contributed by atoms with E-state index in [0.717, 1.165) is 31.9 Å². The van der Waals surface area contributed by atoms with Crippen molar-refractivity contribution in [2.24, 2.45) is 0 Å². The van der Waals surface area contributed by atoms with Crippen LogP contribution in [0.3, 0.4) is 0 Å². The summed E-state index contributed by atoms with van der Waals surface area (Å²) in [7, 11) is -1.38. The molecular weight excluding hydrogens is 471 g/mol. The molecule has 35 heavy (non-hydrogen) atoms. The predicted octanol–water partition coefficient (Wildman–Crippen LogP) is 3.08. The van der Waals surface area contributed by atoms with Crippen LogP contribution in [0.25, 0.3) is 0 Å². The second-order valence-electron chi connectivity index (χ2n) is 8.87. The minimum atomic E-state index is -4.09. The Hall–Kier alpha value is -2.98. The van der Waals surface area contributed by atoms with Crippen LogP contribution in [0.1, 0.15) is 38.3 Å². The third-order valence-electron chi connectivity index (χ3n) is 5.39. The van der Waals surface area contributed by atoms with Gasteiger partial charge in [0.15, 0.2) is 0 Å². The topological polar surface area (TPSA) is 90.0 Å². The molecular formula is C25H35FN4O4S. The molecule has 2 amide bonds. The Morgan fingerprint density at radius 1 is 1.06 bits per heavy atom. The number of halogens is 1. The zero-order chi connectivity index (χ0) is 26.3. The van der Waals surface area contributed by atoms with Gasteiger partial charge in [-0.1, -0.05) is 36.8 Å². The molecule has 2 aromatic rings. The van der Waals surface area contributed by atoms with Crippen molar-refractivity contribution in [3.63, 3.8) is 0 Å². The van der Waals surface area contributed by atoms with Gasteiger partial charge in [-0.25, -0.2) is 8.70 Å². The first-order chi connectivity index (χ1) is 16.4. The summed E-state index contributed by atoms with van der Waals surface area (Å²) in [6, 6.07) is 11.5. The fourth-order valence-corrected chi connectivity index (χ4v) is 4.69. The smallest absolute Gasteiger partial charge is 0.304 e. The molecule has 0 aromatic heterocycles. The van der Waals surface area contributed by atoms with Crippen molar-refractivity contribution in [1.29, 1.82) is 0 Å². The van der Waals surface area contributed by atoms with E-state index in [1.807, 2.05) is 45.0 Å². The number of anilines is 1. The van der Waals surface area contributed by atoms with Crippen molar-refractivity contribution in [3.05, 3.63) is 65.5 Å². The van der Waals surface area contributed by atoms with E-state index in [4.69, 9.17) is 0 Å². The van der Waals surface area contributed by atoms with Crippen LogP contribution >= 0.6 is 0 Å². The SMILES string of the molecule is CC[C@@H](C(=O)NC(C)C)N(Cc1cccc(C)c1)C(=O)CN(c1ccc(F)cc1)S(=O)(=O)N(C)C. The maximum absolute atomic E-state index is 13.7. The Kier molecular flexibility index (Phi) is 9.79. The lowest BCUT2D eigenvalue weighted by molar-refractivity contribution is -0.140. The van der Waals surface area contributed by atoms with Gasteiger partial charge in [0.05, 0.1) is 5.69 Å². The van der Waals surface area contributed by atoms with E-state index in [9.17, 15) is 22.4 Å². The summed E-state index contributed by atoms with van der Waals surface area (Å²) in [5.74, 6) is -1.39. The number of hydrogen-bond acceptors (Lipinski definition) is 4. The number of carbonyl (C=O) groups excluding carboxylic acids is 2. The van der Waals surface area contributed by atoms with Crippen LogP contribution in [0.4, 0.5) is 10.1 Å². The van der Waals surface area contributed by atoms with Gasteiger partial charge in [-0.05, 0) is 57.0 Å². The largest absolute Gasteiger partial charge is 0.352 e. The van der Waals surface area contributed by atoms with E-state index in [2.05, 4.69) is 5.32 Å². The van der Waals surface area contributed by atoms with Crippen molar-refractivity contribution in [3.8, 4) is 0 Å². The number of nitrogens with one attached hydrogen (secondary N) is 1. The molecule has 0 spiro atoms. The maximum atomic E-state index is 13.7. The number of carbonyl (C=O) groups is 2. The highest BCUT2D eigenvalue weighted by Gasteiger charge is 2.33. The summed E-state index contributed by atoms with van der Waals surface area (Å²) >= 11 is 0. The third kappa shape index (κ3) is 7.50. The molecule has 10 heteroatoms. The molecule has 0 unspecified atom stereocenters. The molecule has 0 aliphatic carbocycles. The van der Waals surface area contributed by atoms with E-state index < -0.39 is 34.5 Å². The molecule has 0 saturated heterocycles. The number of rotatable bonds is 11. The van der Waals surface area contributed by atoms with Gasteiger partial charge in [0, 0.05) is 26.7 Å². The summed E-state index contributed by atoms with van der Waals surface area (Å²) in [5, 5.41) is 2.85. The average molecular weight is 507 g/mol. The van der Waals surface area contributed by atoms with Crippen LogP contribution < -0.4 is 9.62 Å². The van der Waals surface area contributed by atoms with Gasteiger partial charge >= 0.3 is 10.2 Å². The van der Waals surface area contributed by atoms with Crippen LogP contribution in [-0.2, 0) is 26.3 Å². The van der Waals surface area contributed by atoms with E-state index in [0.29, 0.717) is 6.42 Å². The predicted molar refractivity (Wildman–Crippen MR) is 135 cm³/mol. The summed E-state index contributed by atoms with van der Waals surface area (Å²) in [6.07, 6.45) is 0.340. The molecule has 8 nitrogen and oxygen atoms in total. The highest BCUT2D eigenvalue weighted by molar-refractivity contribution is 7.90. The van der Waals surface area contributed by atoms with Crippen LogP contribution in [0.5, 0.6) is 0 Å². The van der Waals surface area contributed by atoms with Crippen LogP contribution in [0, 0.1) is 12.7 Å². The first-order valence-corrected chi connectivity index (χ1v) is 12.9. The molecule has 0 bridgehead atoms. The third-order valence-corrected chi connectivity index (χ3v) is 7.21. The minimum absolute atomic E-state index is 0.127. The summed E-state index contributed by atoms with van der Waals surface area (Å²) in [6.45, 7) is 6.97. The zero-order valence-corrected chi connectivity index (χ0v) is 22.0. The van der Waals surface area contributed by atoms with Crippen molar-refractivity contribution >= 4 is 27.7 Å². The molecule has 1 N–H and O–H groups in total. The highest BCUT2D eigenvalue weighted by atomic mass is 32.2. The first kappa shape index (κ1) is 28.3. The van der Waals surface area contributed by atoms with E-state index >= 15 is 0 Å². The van der Waals surface area contributed by atoms with Crippen molar-refractivity contribution in [1.82, 2.24) is 14.5 Å². The Bertz CT molecular complexity index is 1120. The lowest BCUT2D eigenvalue weighted by Crippen LogP contribution is -2.54. The molecule has 0 fully saturated rings. The number of aryl methyl sites for hydroxylation is 1. The quantitative estimate of drug-likeness (QED) is 0.507. The van der Waals surface area contributed by atoms with Gasteiger partial charge in [-0.15, -0.1) is 0 Å². The van der Waals surface area contributed by atoms with Crippen LogP contribution in [0.2, 0.25) is 0 Å². The molecule has 0 saturated carbocycles. The Morgan fingerprint density at radius 2 is 1.69 bits per heavy atom. The highest BCUT2D eigenvalue weighted by Crippen LogP contribution is 2.22. The number of nitrogens with zero attached hydrogens (tertiary/aromatic N) is 3. The molecule has 0 aliphatic heterocycles. The number of benzene rings is 2. The monoisotopic (exact) mass is 506 g/mol. The zero-order valence-electron chi connectivity index (χ0n) is 21.2. The Balaban J connectivity index is 2.50. The lowest BCUT2D eigenvalue weighted by atomic mass is 10.1. The number of amides is 2. The molecule has 192 valence electrons. The minimum Gasteiger partial charge on any atom is -0.352 e. The molecule has 0 radical (unpaired) electrons. The maximum Gasteiger partial charge on any atom is 0.304 e. The summed E-state index contributed by atoms with van der Waals surface area (Å²) < 4.78 is 41.6. The van der Waals surface area contributed by atoms with Gasteiger partial charge in [-0.2, -0.15) is 12.7 Å². The van der Waals surface area contributed by atoms with Gasteiger partial charge in [-0.3, -0.25) is 9.59 Å². The fraction of sp³-hybridized carbons (Fsp3) is 0.440. The molecule has 1 atom stereocenters. The number of hydrogen-bond donors (Lipinski definition) is 1. The summed E-state index contributed by atoms with van der Waals surface area (Å²) in [4.78, 5) is 28.1. The van der Waals surface area contributed by atoms with Crippen molar-refractivity contribution in [2.45, 2.75) is 52.7 Å². The lowest BCUT2D eigenvalue weighted by Gasteiger charge is -2.34.